The lowest BCUT2D eigenvalue weighted by molar-refractivity contribution is -0.131. The van der Waals surface area contributed by atoms with Crippen molar-refractivity contribution in [2.75, 3.05) is 6.61 Å². The zero-order valence-corrected chi connectivity index (χ0v) is 6.95. The Hall–Kier alpha value is -0.770. The van der Waals surface area contributed by atoms with Gasteiger partial charge in [-0.2, -0.15) is 0 Å². The van der Waals surface area contributed by atoms with Crippen LogP contribution in [-0.2, 0) is 13.9 Å². The molecule has 0 saturated heterocycles. The molecule has 0 rings (SSSR count). The monoisotopic (exact) mass is 181 g/mol. The fourth-order valence-electron chi connectivity index (χ4n) is 0.110. The first-order chi connectivity index (χ1) is 5.04. The van der Waals surface area contributed by atoms with Crippen LogP contribution in [0.4, 0.5) is 0 Å². The predicted molar refractivity (Wildman–Crippen MR) is 39.3 cm³/mol. The molecule has 0 aliphatic rings. The number of hydrogen-bond acceptors (Lipinski definition) is 3. The highest BCUT2D eigenvalue weighted by Crippen LogP contribution is 2.12. The van der Waals surface area contributed by atoms with E-state index in [1.54, 1.807) is 6.92 Å². The molecule has 0 aromatic carbocycles. The molecule has 0 spiro atoms. The van der Waals surface area contributed by atoms with Crippen LogP contribution in [0.1, 0.15) is 6.92 Å². The second-order valence-electron chi connectivity index (χ2n) is 1.20. The van der Waals surface area contributed by atoms with Crippen molar-refractivity contribution in [1.82, 2.24) is 0 Å². The summed E-state index contributed by atoms with van der Waals surface area (Å²) < 4.78 is 13.6. The summed E-state index contributed by atoms with van der Waals surface area (Å²) in [5.41, 5.74) is 0. The lowest BCUT2D eigenvalue weighted by atomic mass is 10.7. The maximum Gasteiger partial charge on any atom is 0.694 e. The minimum atomic E-state index is -2.35. The molecular weight excluding hydrogens is 171 g/mol. The highest BCUT2D eigenvalue weighted by Gasteiger charge is 2.06. The highest BCUT2D eigenvalue weighted by molar-refractivity contribution is 7.32. The van der Waals surface area contributed by atoms with Crippen LogP contribution in [0.5, 0.6) is 0 Å². The Balaban J connectivity index is 0. The van der Waals surface area contributed by atoms with E-state index in [1.165, 1.54) is 0 Å². The van der Waals surface area contributed by atoms with E-state index in [9.17, 15) is 9.36 Å². The van der Waals surface area contributed by atoms with Crippen molar-refractivity contribution in [3.8, 4) is 0 Å². The van der Waals surface area contributed by atoms with Crippen molar-refractivity contribution < 1.29 is 23.9 Å². The van der Waals surface area contributed by atoms with Crippen LogP contribution >= 0.6 is 8.25 Å². The van der Waals surface area contributed by atoms with Crippen molar-refractivity contribution in [3.05, 3.63) is 12.7 Å². The Morgan fingerprint density at radius 2 is 2.18 bits per heavy atom. The first kappa shape index (κ1) is 12.9. The average molecular weight is 181 g/mol. The largest absolute Gasteiger partial charge is 0.694 e. The van der Waals surface area contributed by atoms with Crippen molar-refractivity contribution in [1.29, 1.82) is 0 Å². The third-order valence-electron chi connectivity index (χ3n) is 0.414. The molecule has 6 heteroatoms. The number of hydrogen-bond donors (Lipinski definition) is 2. The van der Waals surface area contributed by atoms with Crippen LogP contribution in [0.25, 0.3) is 0 Å². The van der Waals surface area contributed by atoms with Crippen LogP contribution < -0.4 is 0 Å². The van der Waals surface area contributed by atoms with Gasteiger partial charge in [0.2, 0.25) is 0 Å². The van der Waals surface area contributed by atoms with E-state index >= 15 is 0 Å². The Labute approximate surface area is 65.3 Å². The van der Waals surface area contributed by atoms with Gasteiger partial charge in [-0.25, -0.2) is 4.79 Å². The number of aliphatic carboxylic acids is 1. The van der Waals surface area contributed by atoms with Crippen molar-refractivity contribution in [2.24, 2.45) is 0 Å². The maximum absolute atomic E-state index is 9.53. The van der Waals surface area contributed by atoms with Gasteiger partial charge in [0.05, 0.1) is 0 Å². The molecule has 64 valence electrons. The Kier molecular flexibility index (Phi) is 10.8. The molecule has 1 atom stereocenters. The molecule has 0 saturated carbocycles. The fraction of sp³-hybridized carbons (Fsp3) is 0.400. The molecule has 0 heterocycles. The summed E-state index contributed by atoms with van der Waals surface area (Å²) >= 11 is 0. The number of rotatable bonds is 3. The van der Waals surface area contributed by atoms with Gasteiger partial charge in [0.25, 0.3) is 0 Å². The summed E-state index contributed by atoms with van der Waals surface area (Å²) in [5.74, 6) is -0.981. The number of carboxylic acid groups (broad SMARTS) is 1. The van der Waals surface area contributed by atoms with Gasteiger partial charge in [-0.1, -0.05) is 6.58 Å². The van der Waals surface area contributed by atoms with Crippen LogP contribution in [0.15, 0.2) is 12.7 Å². The maximum atomic E-state index is 9.53. The summed E-state index contributed by atoms with van der Waals surface area (Å²) in [6.07, 6.45) is 0.833. The van der Waals surface area contributed by atoms with E-state index in [0.717, 1.165) is 6.08 Å². The van der Waals surface area contributed by atoms with Gasteiger partial charge in [0.15, 0.2) is 0 Å². The minimum absolute atomic E-state index is 0.297. The zero-order valence-electron chi connectivity index (χ0n) is 6.06. The SMILES string of the molecule is C=CC(=O)O.CCO[P+](=O)O. The van der Waals surface area contributed by atoms with E-state index in [1.807, 2.05) is 0 Å². The second kappa shape index (κ2) is 9.23. The van der Waals surface area contributed by atoms with Gasteiger partial charge < -0.3 is 5.11 Å². The highest BCUT2D eigenvalue weighted by atomic mass is 31.1. The molecule has 2 N–H and O–H groups in total. The molecule has 1 unspecified atom stereocenters. The van der Waals surface area contributed by atoms with E-state index < -0.39 is 14.2 Å². The van der Waals surface area contributed by atoms with Gasteiger partial charge in [0, 0.05) is 10.6 Å². The van der Waals surface area contributed by atoms with Crippen LogP contribution in [-0.4, -0.2) is 22.6 Å². The first-order valence-electron chi connectivity index (χ1n) is 2.69. The molecule has 0 fully saturated rings. The molecule has 0 bridgehead atoms. The molecule has 0 radical (unpaired) electrons. The van der Waals surface area contributed by atoms with Crippen molar-refractivity contribution in [3.63, 3.8) is 0 Å². The summed E-state index contributed by atoms with van der Waals surface area (Å²) in [5, 5.41) is 7.60. The molecule has 0 aliphatic carbocycles. The molecule has 11 heavy (non-hydrogen) atoms. The lowest BCUT2D eigenvalue weighted by Crippen LogP contribution is -1.82. The molecule has 0 amide bonds. The second-order valence-corrected chi connectivity index (χ2v) is 1.93. The average Bonchev–Trinajstić information content (AvgIpc) is 1.89. The number of carboxylic acids is 1. The van der Waals surface area contributed by atoms with Crippen molar-refractivity contribution in [2.45, 2.75) is 6.92 Å². The van der Waals surface area contributed by atoms with Gasteiger partial charge in [-0.05, 0) is 6.92 Å². The Bertz CT molecular complexity index is 144. The van der Waals surface area contributed by atoms with Crippen LogP contribution in [0.2, 0.25) is 0 Å². The lowest BCUT2D eigenvalue weighted by Gasteiger charge is -1.68. The third kappa shape index (κ3) is 27.0. The summed E-state index contributed by atoms with van der Waals surface area (Å²) in [6, 6.07) is 0. The van der Waals surface area contributed by atoms with E-state index in [0.29, 0.717) is 6.61 Å². The zero-order chi connectivity index (χ0) is 9.28. The van der Waals surface area contributed by atoms with Crippen molar-refractivity contribution >= 4 is 14.2 Å². The van der Waals surface area contributed by atoms with Crippen LogP contribution in [0, 0.1) is 0 Å². The van der Waals surface area contributed by atoms with Gasteiger partial charge in [-0.15, -0.1) is 9.42 Å². The smallest absolute Gasteiger partial charge is 0.478 e. The first-order valence-corrected chi connectivity index (χ1v) is 3.82. The fourth-order valence-corrected chi connectivity index (χ4v) is 0.331. The standard InChI is InChI=1S/C3H4O2.C2H5O3P/c1-2-3(4)5;1-2-5-6(3)4/h2H,1H2,(H,4,5);2H2,1H3/p+1. The summed E-state index contributed by atoms with van der Waals surface area (Å²) in [7, 11) is -2.35. The molecule has 0 aromatic heterocycles. The van der Waals surface area contributed by atoms with Gasteiger partial charge in [0.1, 0.15) is 6.61 Å². The van der Waals surface area contributed by atoms with Crippen LogP contribution in [0.3, 0.4) is 0 Å². The molecule has 0 aliphatic heterocycles. The molecular formula is C5H10O5P+. The molecule has 5 nitrogen and oxygen atoms in total. The van der Waals surface area contributed by atoms with E-state index in [2.05, 4.69) is 11.1 Å². The van der Waals surface area contributed by atoms with Gasteiger partial charge in [-0.3, -0.25) is 0 Å². The quantitative estimate of drug-likeness (QED) is 0.499. The summed E-state index contributed by atoms with van der Waals surface area (Å²) in [6.45, 7) is 4.91. The van der Waals surface area contributed by atoms with Gasteiger partial charge >= 0.3 is 14.2 Å². The third-order valence-corrected chi connectivity index (χ3v) is 0.893. The predicted octanol–water partition coefficient (Wildman–Crippen LogP) is 0.930. The Morgan fingerprint density at radius 3 is 2.18 bits per heavy atom. The minimum Gasteiger partial charge on any atom is -0.478 e. The number of carbonyl (C=O) groups is 1. The molecule has 0 aromatic rings. The van der Waals surface area contributed by atoms with E-state index in [4.69, 9.17) is 10.00 Å². The topological polar surface area (TPSA) is 83.8 Å². The summed E-state index contributed by atoms with van der Waals surface area (Å²) in [4.78, 5) is 17.1. The normalized spacial score (nSPS) is 9.09. The Morgan fingerprint density at radius 1 is 1.82 bits per heavy atom. The van der Waals surface area contributed by atoms with E-state index in [-0.39, 0.29) is 0 Å².